The third kappa shape index (κ3) is 4.87. The second kappa shape index (κ2) is 9.21. The minimum atomic E-state index is -0.127. The molecule has 6 heteroatoms. The maximum Gasteiger partial charge on any atom is 0.193 e. The number of hydrogen-bond donors (Lipinski definition) is 1. The van der Waals surface area contributed by atoms with Crippen LogP contribution in [0, 0.1) is 5.82 Å². The summed E-state index contributed by atoms with van der Waals surface area (Å²) in [6.45, 7) is 0.737. The van der Waals surface area contributed by atoms with Gasteiger partial charge in [-0.15, -0.1) is 24.0 Å². The Bertz CT molecular complexity index is 751. The Morgan fingerprint density at radius 2 is 1.92 bits per heavy atom. The van der Waals surface area contributed by atoms with Crippen molar-refractivity contribution in [1.29, 1.82) is 0 Å². The van der Waals surface area contributed by atoms with E-state index in [4.69, 9.17) is 4.74 Å². The molecule has 0 saturated heterocycles. The van der Waals surface area contributed by atoms with Gasteiger partial charge in [0.05, 0.1) is 7.11 Å². The SMILES string of the molecule is CN=C(NC1CC1c1ccccc1F)N(C)Cc1ccc(OC)cc1.I. The number of nitrogens with one attached hydrogen (secondary N) is 1. The molecule has 26 heavy (non-hydrogen) atoms. The van der Waals surface area contributed by atoms with Gasteiger partial charge in [-0.3, -0.25) is 4.99 Å². The van der Waals surface area contributed by atoms with Gasteiger partial charge in [0.15, 0.2) is 5.96 Å². The van der Waals surface area contributed by atoms with Gasteiger partial charge in [0.25, 0.3) is 0 Å². The molecule has 0 bridgehead atoms. The molecule has 2 aromatic carbocycles. The minimum absolute atomic E-state index is 0. The summed E-state index contributed by atoms with van der Waals surface area (Å²) in [6.07, 6.45) is 0.927. The van der Waals surface area contributed by atoms with Crippen molar-refractivity contribution < 1.29 is 9.13 Å². The molecule has 2 aromatic rings. The monoisotopic (exact) mass is 469 g/mol. The van der Waals surface area contributed by atoms with E-state index in [9.17, 15) is 4.39 Å². The van der Waals surface area contributed by atoms with E-state index in [0.717, 1.165) is 30.2 Å². The molecule has 0 spiro atoms. The summed E-state index contributed by atoms with van der Waals surface area (Å²) in [4.78, 5) is 6.43. The lowest BCUT2D eigenvalue weighted by Gasteiger charge is -2.22. The molecule has 2 unspecified atom stereocenters. The van der Waals surface area contributed by atoms with Crippen molar-refractivity contribution in [3.63, 3.8) is 0 Å². The van der Waals surface area contributed by atoms with E-state index >= 15 is 0 Å². The highest BCUT2D eigenvalue weighted by atomic mass is 127. The first-order valence-corrected chi connectivity index (χ1v) is 8.44. The van der Waals surface area contributed by atoms with Crippen LogP contribution in [0.3, 0.4) is 0 Å². The summed E-state index contributed by atoms with van der Waals surface area (Å²) in [5.41, 5.74) is 1.96. The lowest BCUT2D eigenvalue weighted by molar-refractivity contribution is 0.414. The minimum Gasteiger partial charge on any atom is -0.497 e. The summed E-state index contributed by atoms with van der Waals surface area (Å²) in [5, 5.41) is 3.44. The van der Waals surface area contributed by atoms with Gasteiger partial charge in [0, 0.05) is 32.6 Å². The first-order chi connectivity index (χ1) is 12.1. The van der Waals surface area contributed by atoms with Crippen LogP contribution in [-0.4, -0.2) is 38.1 Å². The zero-order valence-electron chi connectivity index (χ0n) is 15.3. The smallest absolute Gasteiger partial charge is 0.193 e. The Balaban J connectivity index is 0.00000243. The number of ether oxygens (including phenoxy) is 1. The fourth-order valence-corrected chi connectivity index (χ4v) is 3.07. The third-order valence-corrected chi connectivity index (χ3v) is 4.56. The van der Waals surface area contributed by atoms with Crippen molar-refractivity contribution in [2.75, 3.05) is 21.2 Å². The molecule has 1 fully saturated rings. The molecule has 1 saturated carbocycles. The van der Waals surface area contributed by atoms with E-state index in [0.29, 0.717) is 0 Å². The summed E-state index contributed by atoms with van der Waals surface area (Å²) < 4.78 is 19.1. The molecule has 140 valence electrons. The van der Waals surface area contributed by atoms with Gasteiger partial charge in [-0.2, -0.15) is 0 Å². The second-order valence-corrected chi connectivity index (χ2v) is 6.37. The number of guanidine groups is 1. The van der Waals surface area contributed by atoms with Gasteiger partial charge in [-0.1, -0.05) is 30.3 Å². The lowest BCUT2D eigenvalue weighted by atomic mass is 10.1. The topological polar surface area (TPSA) is 36.9 Å². The largest absolute Gasteiger partial charge is 0.497 e. The van der Waals surface area contributed by atoms with Crippen molar-refractivity contribution in [3.8, 4) is 5.75 Å². The van der Waals surface area contributed by atoms with Gasteiger partial charge in [0.1, 0.15) is 11.6 Å². The molecule has 0 aliphatic heterocycles. The maximum atomic E-state index is 13.9. The Morgan fingerprint density at radius 1 is 1.23 bits per heavy atom. The third-order valence-electron chi connectivity index (χ3n) is 4.56. The quantitative estimate of drug-likeness (QED) is 0.409. The van der Waals surface area contributed by atoms with E-state index in [1.165, 1.54) is 11.6 Å². The molecule has 1 N–H and O–H groups in total. The van der Waals surface area contributed by atoms with E-state index in [2.05, 4.69) is 15.2 Å². The molecule has 2 atom stereocenters. The van der Waals surface area contributed by atoms with E-state index in [1.54, 1.807) is 20.2 Å². The van der Waals surface area contributed by atoms with Gasteiger partial charge in [-0.05, 0) is 35.7 Å². The lowest BCUT2D eigenvalue weighted by Crippen LogP contribution is -2.40. The molecule has 3 rings (SSSR count). The van der Waals surface area contributed by atoms with Crippen molar-refractivity contribution in [1.82, 2.24) is 10.2 Å². The van der Waals surface area contributed by atoms with Crippen LogP contribution in [0.5, 0.6) is 5.75 Å². The predicted octanol–water partition coefficient (Wildman–Crippen LogP) is 4.02. The molecule has 0 radical (unpaired) electrons. The van der Waals surface area contributed by atoms with E-state index in [-0.39, 0.29) is 41.8 Å². The number of aliphatic imine (C=N–C) groups is 1. The number of halogens is 2. The van der Waals surface area contributed by atoms with Crippen LogP contribution in [0.4, 0.5) is 4.39 Å². The van der Waals surface area contributed by atoms with Crippen molar-refractivity contribution >= 4 is 29.9 Å². The van der Waals surface area contributed by atoms with Gasteiger partial charge >= 0.3 is 0 Å². The number of benzene rings is 2. The summed E-state index contributed by atoms with van der Waals surface area (Å²) in [6, 6.07) is 15.2. The maximum absolute atomic E-state index is 13.9. The highest BCUT2D eigenvalue weighted by molar-refractivity contribution is 14.0. The Kier molecular flexibility index (Phi) is 7.25. The van der Waals surface area contributed by atoms with Crippen LogP contribution in [-0.2, 0) is 6.54 Å². The number of methoxy groups -OCH3 is 1. The molecule has 1 aliphatic rings. The highest BCUT2D eigenvalue weighted by Crippen LogP contribution is 2.41. The predicted molar refractivity (Wildman–Crippen MR) is 114 cm³/mol. The fourth-order valence-electron chi connectivity index (χ4n) is 3.07. The van der Waals surface area contributed by atoms with Crippen molar-refractivity contribution in [3.05, 3.63) is 65.5 Å². The van der Waals surface area contributed by atoms with E-state index in [1.807, 2.05) is 43.4 Å². The molecule has 0 amide bonds. The van der Waals surface area contributed by atoms with Crippen molar-refractivity contribution in [2.24, 2.45) is 4.99 Å². The molecular weight excluding hydrogens is 444 g/mol. The van der Waals surface area contributed by atoms with Crippen LogP contribution in [0.15, 0.2) is 53.5 Å². The van der Waals surface area contributed by atoms with Crippen LogP contribution < -0.4 is 10.1 Å². The summed E-state index contributed by atoms with van der Waals surface area (Å²) in [5.74, 6) is 1.75. The fraction of sp³-hybridized carbons (Fsp3) is 0.350. The Labute approximate surface area is 171 Å². The average molecular weight is 469 g/mol. The first kappa shape index (κ1) is 20.5. The molecule has 4 nitrogen and oxygen atoms in total. The second-order valence-electron chi connectivity index (χ2n) is 6.37. The number of hydrogen-bond acceptors (Lipinski definition) is 2. The molecule has 0 heterocycles. The standard InChI is InChI=1S/C20H24FN3O.HI/c1-22-20(24(2)13-14-8-10-15(25-3)11-9-14)23-19-12-17(19)16-6-4-5-7-18(16)21;/h4-11,17,19H,12-13H2,1-3H3,(H,22,23);1H. The summed E-state index contributed by atoms with van der Waals surface area (Å²) >= 11 is 0. The molecule has 0 aromatic heterocycles. The van der Waals surface area contributed by atoms with Crippen LogP contribution in [0.2, 0.25) is 0 Å². The van der Waals surface area contributed by atoms with Crippen LogP contribution in [0.25, 0.3) is 0 Å². The zero-order valence-corrected chi connectivity index (χ0v) is 17.6. The van der Waals surface area contributed by atoms with E-state index < -0.39 is 0 Å². The highest BCUT2D eigenvalue weighted by Gasteiger charge is 2.40. The number of rotatable bonds is 5. The first-order valence-electron chi connectivity index (χ1n) is 8.44. The van der Waals surface area contributed by atoms with Crippen LogP contribution in [0.1, 0.15) is 23.5 Å². The normalized spacial score (nSPS) is 18.7. The van der Waals surface area contributed by atoms with Gasteiger partial charge in [-0.25, -0.2) is 4.39 Å². The average Bonchev–Trinajstić information content (AvgIpc) is 3.39. The molecule has 1 aliphatic carbocycles. The van der Waals surface area contributed by atoms with Gasteiger partial charge in [0.2, 0.25) is 0 Å². The zero-order chi connectivity index (χ0) is 17.8. The summed E-state index contributed by atoms with van der Waals surface area (Å²) in [7, 11) is 5.43. The number of nitrogens with zero attached hydrogens (tertiary/aromatic N) is 2. The van der Waals surface area contributed by atoms with Crippen LogP contribution >= 0.6 is 24.0 Å². The Morgan fingerprint density at radius 3 is 2.54 bits per heavy atom. The van der Waals surface area contributed by atoms with Crippen molar-refractivity contribution in [2.45, 2.75) is 24.9 Å². The van der Waals surface area contributed by atoms with Gasteiger partial charge < -0.3 is 15.0 Å². The Hall–Kier alpha value is -1.83. The molecular formula is C20H25FIN3O.